The van der Waals surface area contributed by atoms with Crippen LogP contribution in [0.15, 0.2) is 18.2 Å². The minimum Gasteiger partial charge on any atom is -0.301 e. The van der Waals surface area contributed by atoms with Gasteiger partial charge in [-0.15, -0.1) is 0 Å². The van der Waals surface area contributed by atoms with E-state index >= 15 is 0 Å². The van der Waals surface area contributed by atoms with Gasteiger partial charge in [-0.1, -0.05) is 13.0 Å². The molecule has 2 rings (SSSR count). The second-order valence-electron chi connectivity index (χ2n) is 5.05. The van der Waals surface area contributed by atoms with Gasteiger partial charge < -0.3 is 4.90 Å². The number of nitrogens with zero attached hydrogens (tertiary/aromatic N) is 3. The Morgan fingerprint density at radius 1 is 1.20 bits per heavy atom. The number of halogens is 1. The number of rotatable bonds is 5. The van der Waals surface area contributed by atoms with Crippen LogP contribution in [0.25, 0.3) is 0 Å². The van der Waals surface area contributed by atoms with Gasteiger partial charge in [0.25, 0.3) is 5.69 Å². The summed E-state index contributed by atoms with van der Waals surface area (Å²) in [6.45, 7) is 7.16. The van der Waals surface area contributed by atoms with E-state index in [2.05, 4.69) is 16.7 Å². The largest absolute Gasteiger partial charge is 0.301 e. The van der Waals surface area contributed by atoms with Crippen LogP contribution in [0.3, 0.4) is 0 Å². The maximum Gasteiger partial charge on any atom is 0.269 e. The van der Waals surface area contributed by atoms with Gasteiger partial charge in [0.1, 0.15) is 6.67 Å². The molecule has 0 unspecified atom stereocenters. The van der Waals surface area contributed by atoms with Crippen molar-refractivity contribution in [3.8, 4) is 0 Å². The lowest BCUT2D eigenvalue weighted by molar-refractivity contribution is -0.385. The molecule has 0 N–H and O–H groups in total. The minimum atomic E-state index is -0.661. The van der Waals surface area contributed by atoms with Crippen LogP contribution in [0.4, 0.5) is 10.1 Å². The van der Waals surface area contributed by atoms with E-state index in [1.165, 1.54) is 12.1 Å². The molecule has 1 saturated heterocycles. The summed E-state index contributed by atoms with van der Waals surface area (Å²) in [4.78, 5) is 14.9. The third-order valence-electron chi connectivity index (χ3n) is 3.85. The second kappa shape index (κ2) is 6.76. The first kappa shape index (κ1) is 14.9. The van der Waals surface area contributed by atoms with E-state index < -0.39 is 11.6 Å². The lowest BCUT2D eigenvalue weighted by atomic mass is 10.1. The summed E-state index contributed by atoms with van der Waals surface area (Å²) in [6, 6.07) is 4.48. The molecule has 110 valence electrons. The first-order chi connectivity index (χ1) is 9.63. The molecule has 0 aromatic heterocycles. The van der Waals surface area contributed by atoms with E-state index in [9.17, 15) is 14.5 Å². The van der Waals surface area contributed by atoms with Gasteiger partial charge in [-0.25, -0.2) is 4.39 Å². The van der Waals surface area contributed by atoms with Gasteiger partial charge in [-0.3, -0.25) is 15.0 Å². The molecule has 0 saturated carbocycles. The van der Waals surface area contributed by atoms with Crippen molar-refractivity contribution in [1.29, 1.82) is 0 Å². The van der Waals surface area contributed by atoms with E-state index in [4.69, 9.17) is 0 Å². The van der Waals surface area contributed by atoms with Crippen LogP contribution >= 0.6 is 0 Å². The molecule has 0 bridgehead atoms. The molecule has 6 heteroatoms. The van der Waals surface area contributed by atoms with Crippen molar-refractivity contribution in [3.63, 3.8) is 0 Å². The Bertz CT molecular complexity index is 473. The smallest absolute Gasteiger partial charge is 0.269 e. The standard InChI is InChI=1S/C14H20FN3O2/c1-2-16-5-7-17(8-6-16)11-12-3-4-14(18(19)20)9-13(12)10-15/h3-4,9H,2,5-8,10-11H2,1H3. The van der Waals surface area contributed by atoms with Gasteiger partial charge in [0.15, 0.2) is 0 Å². The molecule has 0 atom stereocenters. The van der Waals surface area contributed by atoms with Crippen LogP contribution in [0.5, 0.6) is 0 Å². The molecular weight excluding hydrogens is 261 g/mol. The molecule has 1 fully saturated rings. The summed E-state index contributed by atoms with van der Waals surface area (Å²) in [5.41, 5.74) is 1.23. The minimum absolute atomic E-state index is 0.0443. The molecule has 1 aromatic carbocycles. The lowest BCUT2D eigenvalue weighted by Crippen LogP contribution is -2.45. The number of hydrogen-bond donors (Lipinski definition) is 0. The SMILES string of the molecule is CCN1CCN(Cc2ccc([N+](=O)[O-])cc2CF)CC1. The summed E-state index contributed by atoms with van der Waals surface area (Å²) in [6.07, 6.45) is 0. The van der Waals surface area contributed by atoms with Gasteiger partial charge in [-0.05, 0) is 17.7 Å². The average molecular weight is 281 g/mol. The Hall–Kier alpha value is -1.53. The predicted octanol–water partition coefficient (Wildman–Crippen LogP) is 2.20. The van der Waals surface area contributed by atoms with Crippen molar-refractivity contribution in [2.24, 2.45) is 0 Å². The van der Waals surface area contributed by atoms with Crippen LogP contribution in [0.1, 0.15) is 18.1 Å². The van der Waals surface area contributed by atoms with Crippen molar-refractivity contribution >= 4 is 5.69 Å². The summed E-state index contributed by atoms with van der Waals surface area (Å²) in [7, 11) is 0. The van der Waals surface area contributed by atoms with Crippen molar-refractivity contribution < 1.29 is 9.31 Å². The third kappa shape index (κ3) is 3.52. The summed E-state index contributed by atoms with van der Waals surface area (Å²) in [5.74, 6) is 0. The number of nitro benzene ring substituents is 1. The molecule has 1 aliphatic rings. The fourth-order valence-corrected chi connectivity index (χ4v) is 2.51. The average Bonchev–Trinajstić information content (AvgIpc) is 2.48. The highest BCUT2D eigenvalue weighted by Crippen LogP contribution is 2.21. The number of benzene rings is 1. The highest BCUT2D eigenvalue weighted by molar-refractivity contribution is 5.39. The number of piperazine rings is 1. The Balaban J connectivity index is 2.04. The summed E-state index contributed by atoms with van der Waals surface area (Å²) in [5, 5.41) is 10.7. The molecule has 5 nitrogen and oxygen atoms in total. The molecule has 20 heavy (non-hydrogen) atoms. The van der Waals surface area contributed by atoms with Gasteiger partial charge >= 0.3 is 0 Å². The van der Waals surface area contributed by atoms with Gasteiger partial charge in [0.05, 0.1) is 4.92 Å². The highest BCUT2D eigenvalue weighted by atomic mass is 19.1. The number of nitro groups is 1. The maximum atomic E-state index is 13.1. The Morgan fingerprint density at radius 3 is 2.40 bits per heavy atom. The maximum absolute atomic E-state index is 13.1. The fraction of sp³-hybridized carbons (Fsp3) is 0.571. The first-order valence-corrected chi connectivity index (χ1v) is 6.91. The zero-order valence-corrected chi connectivity index (χ0v) is 11.7. The summed E-state index contributed by atoms with van der Waals surface area (Å²) >= 11 is 0. The van der Waals surface area contributed by atoms with Crippen LogP contribution in [0.2, 0.25) is 0 Å². The number of alkyl halides is 1. The van der Waals surface area contributed by atoms with Crippen molar-refractivity contribution in [3.05, 3.63) is 39.4 Å². The van der Waals surface area contributed by atoms with E-state index in [1.807, 2.05) is 0 Å². The van der Waals surface area contributed by atoms with Crippen LogP contribution in [0, 0.1) is 10.1 Å². The first-order valence-electron chi connectivity index (χ1n) is 6.91. The fourth-order valence-electron chi connectivity index (χ4n) is 2.51. The molecule has 0 radical (unpaired) electrons. The van der Waals surface area contributed by atoms with E-state index in [-0.39, 0.29) is 5.69 Å². The molecule has 1 heterocycles. The Labute approximate surface area is 118 Å². The zero-order chi connectivity index (χ0) is 14.5. The van der Waals surface area contributed by atoms with Crippen LogP contribution in [-0.4, -0.2) is 47.4 Å². The molecule has 1 aliphatic heterocycles. The molecule has 0 spiro atoms. The third-order valence-corrected chi connectivity index (χ3v) is 3.85. The topological polar surface area (TPSA) is 49.6 Å². The number of likely N-dealkylation sites (N-methyl/N-ethyl adjacent to an activating group) is 1. The molecule has 0 amide bonds. The quantitative estimate of drug-likeness (QED) is 0.613. The van der Waals surface area contributed by atoms with Crippen molar-refractivity contribution in [2.45, 2.75) is 20.1 Å². The van der Waals surface area contributed by atoms with Gasteiger partial charge in [0.2, 0.25) is 0 Å². The Kier molecular flexibility index (Phi) is 5.03. The highest BCUT2D eigenvalue weighted by Gasteiger charge is 2.18. The van der Waals surface area contributed by atoms with Crippen molar-refractivity contribution in [1.82, 2.24) is 9.80 Å². The zero-order valence-electron chi connectivity index (χ0n) is 11.7. The Morgan fingerprint density at radius 2 is 1.85 bits per heavy atom. The normalized spacial score (nSPS) is 17.3. The van der Waals surface area contributed by atoms with E-state index in [1.54, 1.807) is 6.07 Å². The predicted molar refractivity (Wildman–Crippen MR) is 75.3 cm³/mol. The molecule has 0 aliphatic carbocycles. The summed E-state index contributed by atoms with van der Waals surface area (Å²) < 4.78 is 13.1. The van der Waals surface area contributed by atoms with E-state index in [0.29, 0.717) is 12.1 Å². The van der Waals surface area contributed by atoms with E-state index in [0.717, 1.165) is 38.3 Å². The monoisotopic (exact) mass is 281 g/mol. The number of non-ortho nitro benzene ring substituents is 1. The van der Waals surface area contributed by atoms with Crippen LogP contribution in [-0.2, 0) is 13.2 Å². The van der Waals surface area contributed by atoms with Gasteiger partial charge in [0, 0.05) is 44.9 Å². The lowest BCUT2D eigenvalue weighted by Gasteiger charge is -2.34. The van der Waals surface area contributed by atoms with Gasteiger partial charge in [-0.2, -0.15) is 0 Å². The molecular formula is C14H20FN3O2. The van der Waals surface area contributed by atoms with Crippen LogP contribution < -0.4 is 0 Å². The molecule has 1 aromatic rings. The second-order valence-corrected chi connectivity index (χ2v) is 5.05. The number of hydrogen-bond acceptors (Lipinski definition) is 4. The van der Waals surface area contributed by atoms with Crippen molar-refractivity contribution in [2.75, 3.05) is 32.7 Å².